The van der Waals surface area contributed by atoms with Crippen molar-refractivity contribution in [1.29, 1.82) is 0 Å². The first-order valence-corrected chi connectivity index (χ1v) is 10.6. The smallest absolute Gasteiger partial charge is 0.258 e. The van der Waals surface area contributed by atoms with Gasteiger partial charge in [-0.15, -0.1) is 5.10 Å². The van der Waals surface area contributed by atoms with Crippen LogP contribution in [0.4, 0.5) is 8.78 Å². The summed E-state index contributed by atoms with van der Waals surface area (Å²) in [7, 11) is 0. The number of rotatable bonds is 7. The molecule has 1 aliphatic rings. The lowest BCUT2D eigenvalue weighted by atomic mass is 9.95. The summed E-state index contributed by atoms with van der Waals surface area (Å²) in [6.07, 6.45) is 6.94. The molecule has 0 saturated heterocycles. The van der Waals surface area contributed by atoms with Crippen LogP contribution in [0.5, 0.6) is 5.88 Å². The first-order valence-electron chi connectivity index (χ1n) is 10.6. The van der Waals surface area contributed by atoms with Crippen molar-refractivity contribution in [2.45, 2.75) is 51.3 Å². The molecular weight excluding hydrogens is 400 g/mol. The number of nitrogens with zero attached hydrogens (tertiary/aromatic N) is 2. The maximum absolute atomic E-state index is 13.5. The molecule has 2 aromatic carbocycles. The van der Waals surface area contributed by atoms with Crippen LogP contribution < -0.4 is 10.1 Å². The van der Waals surface area contributed by atoms with Crippen molar-refractivity contribution in [2.75, 3.05) is 0 Å². The highest BCUT2D eigenvalue weighted by molar-refractivity contribution is 5.96. The molecule has 0 aliphatic heterocycles. The van der Waals surface area contributed by atoms with Crippen LogP contribution in [-0.2, 0) is 13.2 Å². The monoisotopic (exact) mass is 425 g/mol. The van der Waals surface area contributed by atoms with Crippen molar-refractivity contribution in [3.63, 3.8) is 0 Å². The Morgan fingerprint density at radius 3 is 2.42 bits per heavy atom. The van der Waals surface area contributed by atoms with Crippen LogP contribution in [0.3, 0.4) is 0 Å². The van der Waals surface area contributed by atoms with Gasteiger partial charge in [0.05, 0.1) is 6.54 Å². The van der Waals surface area contributed by atoms with Crippen LogP contribution in [0.15, 0.2) is 54.7 Å². The highest BCUT2D eigenvalue weighted by atomic mass is 19.1. The Morgan fingerprint density at radius 2 is 1.71 bits per heavy atom. The van der Waals surface area contributed by atoms with Gasteiger partial charge in [0.2, 0.25) is 5.88 Å². The molecule has 0 spiro atoms. The maximum atomic E-state index is 13.5. The first-order chi connectivity index (χ1) is 15.1. The van der Waals surface area contributed by atoms with Crippen molar-refractivity contribution < 1.29 is 18.3 Å². The van der Waals surface area contributed by atoms with E-state index in [1.807, 2.05) is 0 Å². The number of carbonyl (C=O) groups is 1. The van der Waals surface area contributed by atoms with Crippen molar-refractivity contribution in [2.24, 2.45) is 0 Å². The first kappa shape index (κ1) is 21.0. The fourth-order valence-electron chi connectivity index (χ4n) is 3.86. The summed E-state index contributed by atoms with van der Waals surface area (Å²) in [5.41, 5.74) is 1.68. The Bertz CT molecular complexity index is 1040. The normalized spacial score (nSPS) is 14.4. The minimum atomic E-state index is -0.354. The number of halogens is 2. The van der Waals surface area contributed by atoms with E-state index in [1.165, 1.54) is 30.7 Å². The number of hydrogen-bond acceptors (Lipinski definition) is 3. The van der Waals surface area contributed by atoms with Crippen molar-refractivity contribution in [3.8, 4) is 5.88 Å². The largest absolute Gasteiger partial charge is 0.471 e. The van der Waals surface area contributed by atoms with E-state index in [0.717, 1.165) is 31.2 Å². The highest BCUT2D eigenvalue weighted by Gasteiger charge is 2.22. The third kappa shape index (κ3) is 5.69. The number of amides is 1. The number of ether oxygens (including phenoxy) is 1. The van der Waals surface area contributed by atoms with E-state index >= 15 is 0 Å². The predicted octanol–water partition coefficient (Wildman–Crippen LogP) is 4.85. The number of hydrogen-bond donors (Lipinski definition) is 1. The topological polar surface area (TPSA) is 56.2 Å². The summed E-state index contributed by atoms with van der Waals surface area (Å²) < 4.78 is 34.4. The molecule has 1 fully saturated rings. The standard InChI is InChI=1S/C24H25F2N3O2/c25-19-8-4-6-17(12-19)14-29-15-22(23(30)27-21-10-2-1-3-11-21)24(28-29)31-16-18-7-5-9-20(26)13-18/h4-9,12-13,15,21H,1-3,10-11,14,16H2,(H,27,30). The summed E-state index contributed by atoms with van der Waals surface area (Å²) >= 11 is 0. The van der Waals surface area contributed by atoms with E-state index in [2.05, 4.69) is 10.4 Å². The van der Waals surface area contributed by atoms with Gasteiger partial charge in [-0.1, -0.05) is 43.5 Å². The zero-order valence-electron chi connectivity index (χ0n) is 17.2. The zero-order chi connectivity index (χ0) is 21.6. The van der Waals surface area contributed by atoms with E-state index in [9.17, 15) is 13.6 Å². The fraction of sp³-hybridized carbons (Fsp3) is 0.333. The van der Waals surface area contributed by atoms with Gasteiger partial charge in [0.15, 0.2) is 0 Å². The molecule has 1 heterocycles. The number of aromatic nitrogens is 2. The summed E-state index contributed by atoms with van der Waals surface area (Å²) in [6.45, 7) is 0.378. The van der Waals surface area contributed by atoms with Crippen LogP contribution in [0.1, 0.15) is 53.6 Å². The van der Waals surface area contributed by atoms with Gasteiger partial charge in [0, 0.05) is 12.2 Å². The molecule has 0 unspecified atom stereocenters. The van der Waals surface area contributed by atoms with Crippen LogP contribution in [-0.4, -0.2) is 21.7 Å². The molecule has 0 radical (unpaired) electrons. The second-order valence-corrected chi connectivity index (χ2v) is 7.90. The quantitative estimate of drug-likeness (QED) is 0.589. The summed E-state index contributed by atoms with van der Waals surface area (Å²) in [5, 5.41) is 7.48. The van der Waals surface area contributed by atoms with E-state index < -0.39 is 0 Å². The lowest BCUT2D eigenvalue weighted by molar-refractivity contribution is 0.0923. The molecule has 1 N–H and O–H groups in total. The van der Waals surface area contributed by atoms with Crippen LogP contribution in [0, 0.1) is 11.6 Å². The highest BCUT2D eigenvalue weighted by Crippen LogP contribution is 2.22. The average molecular weight is 425 g/mol. The molecule has 0 bridgehead atoms. The second-order valence-electron chi connectivity index (χ2n) is 7.90. The predicted molar refractivity (Wildman–Crippen MR) is 113 cm³/mol. The van der Waals surface area contributed by atoms with Crippen LogP contribution in [0.25, 0.3) is 0 Å². The number of nitrogens with one attached hydrogen (secondary N) is 1. The van der Waals surface area contributed by atoms with Gasteiger partial charge >= 0.3 is 0 Å². The lowest BCUT2D eigenvalue weighted by Crippen LogP contribution is -2.36. The Labute approximate surface area is 180 Å². The van der Waals surface area contributed by atoms with E-state index in [4.69, 9.17) is 4.74 Å². The van der Waals surface area contributed by atoms with Crippen LogP contribution in [0.2, 0.25) is 0 Å². The fourth-order valence-corrected chi connectivity index (χ4v) is 3.86. The number of carbonyl (C=O) groups excluding carboxylic acids is 1. The Kier molecular flexibility index (Phi) is 6.60. The summed E-state index contributed by atoms with van der Waals surface area (Å²) in [4.78, 5) is 13.0. The maximum Gasteiger partial charge on any atom is 0.258 e. The van der Waals surface area contributed by atoms with Gasteiger partial charge < -0.3 is 10.1 Å². The third-order valence-corrected chi connectivity index (χ3v) is 5.41. The molecule has 3 aromatic rings. The van der Waals surface area contributed by atoms with Crippen LogP contribution >= 0.6 is 0 Å². The molecule has 1 aromatic heterocycles. The SMILES string of the molecule is O=C(NC1CCCCC1)c1cn(Cc2cccc(F)c2)nc1OCc1cccc(F)c1. The van der Waals surface area contributed by atoms with Gasteiger partial charge in [-0.25, -0.2) is 8.78 Å². The van der Waals surface area contributed by atoms with E-state index in [-0.39, 0.29) is 36.1 Å². The van der Waals surface area contributed by atoms with Gasteiger partial charge in [-0.2, -0.15) is 0 Å². The Hall–Kier alpha value is -3.22. The minimum Gasteiger partial charge on any atom is -0.471 e. The molecule has 0 atom stereocenters. The Morgan fingerprint density at radius 1 is 1.03 bits per heavy atom. The molecule has 1 amide bonds. The van der Waals surface area contributed by atoms with Gasteiger partial charge in [0.25, 0.3) is 5.91 Å². The molecule has 1 aliphatic carbocycles. The molecule has 31 heavy (non-hydrogen) atoms. The summed E-state index contributed by atoms with van der Waals surface area (Å²) in [6, 6.07) is 12.5. The van der Waals surface area contributed by atoms with E-state index in [0.29, 0.717) is 17.7 Å². The van der Waals surface area contributed by atoms with Crippen molar-refractivity contribution in [3.05, 3.63) is 83.1 Å². The van der Waals surface area contributed by atoms with Crippen molar-refractivity contribution in [1.82, 2.24) is 15.1 Å². The summed E-state index contributed by atoms with van der Waals surface area (Å²) in [5.74, 6) is -0.754. The van der Waals surface area contributed by atoms with Crippen molar-refractivity contribution >= 4 is 5.91 Å². The van der Waals surface area contributed by atoms with Gasteiger partial charge in [-0.3, -0.25) is 9.48 Å². The average Bonchev–Trinajstić information content (AvgIpc) is 3.16. The third-order valence-electron chi connectivity index (χ3n) is 5.41. The molecule has 7 heteroatoms. The molecule has 162 valence electrons. The second kappa shape index (κ2) is 9.73. The van der Waals surface area contributed by atoms with Gasteiger partial charge in [-0.05, 0) is 48.2 Å². The number of benzene rings is 2. The Balaban J connectivity index is 1.54. The lowest BCUT2D eigenvalue weighted by Gasteiger charge is -2.22. The zero-order valence-corrected chi connectivity index (χ0v) is 17.2. The minimum absolute atomic E-state index is 0.0818. The van der Waals surface area contributed by atoms with E-state index in [1.54, 1.807) is 35.1 Å². The molecule has 4 rings (SSSR count). The molecular formula is C24H25F2N3O2. The van der Waals surface area contributed by atoms with Gasteiger partial charge in [0.1, 0.15) is 23.8 Å². The molecule has 5 nitrogen and oxygen atoms in total. The molecule has 1 saturated carbocycles.